The molecular weight excluding hydrogens is 711 g/mol. The summed E-state index contributed by atoms with van der Waals surface area (Å²) in [6.45, 7) is -4.22. The number of imidazole rings is 1. The molecule has 0 radical (unpaired) electrons. The number of aromatic nitrogens is 9. The van der Waals surface area contributed by atoms with E-state index in [2.05, 4.69) is 47.5 Å². The molecule has 2 fully saturated rings. The number of fused-ring (bicyclic) bond motifs is 2. The molecule has 0 aromatic carbocycles. The molecule has 2 saturated heterocycles. The van der Waals surface area contributed by atoms with Crippen LogP contribution < -0.4 is 17.0 Å². The van der Waals surface area contributed by atoms with Crippen molar-refractivity contribution in [2.45, 2.75) is 55.9 Å². The Morgan fingerprint density at radius 3 is 2.83 bits per heavy atom. The van der Waals surface area contributed by atoms with Crippen molar-refractivity contribution in [3.8, 4) is 0 Å². The molecule has 2 aliphatic heterocycles. The number of hydrogen-bond acceptors (Lipinski definition) is 18. The summed E-state index contributed by atoms with van der Waals surface area (Å²) >= 11 is 8.95. The molecule has 47 heavy (non-hydrogen) atoms. The summed E-state index contributed by atoms with van der Waals surface area (Å²) in [5.74, 6) is -0.138. The van der Waals surface area contributed by atoms with E-state index in [4.69, 9.17) is 51.1 Å². The number of aliphatic hydroxyl groups excluding tert-OH is 1. The lowest BCUT2D eigenvalue weighted by atomic mass is 10.0. The molecule has 9 atom stereocenters. The quantitative estimate of drug-likeness (QED) is 0.0633. The number of aromatic amines is 1. The summed E-state index contributed by atoms with van der Waals surface area (Å²) in [5.41, 5.74) is 9.89. The molecule has 0 aliphatic carbocycles. The van der Waals surface area contributed by atoms with Gasteiger partial charge in [0.1, 0.15) is 42.4 Å². The fraction of sp³-hybridized carbons (Fsp3) is 0.571. The first kappa shape index (κ1) is 34.0. The van der Waals surface area contributed by atoms with Gasteiger partial charge in [0.2, 0.25) is 12.7 Å². The Morgan fingerprint density at radius 2 is 2.09 bits per heavy atom. The number of ether oxygens (including phenoxy) is 3. The molecule has 6 heterocycles. The summed E-state index contributed by atoms with van der Waals surface area (Å²) in [7, 11) is -2.26. The lowest BCUT2D eigenvalue weighted by molar-refractivity contribution is -0.118. The van der Waals surface area contributed by atoms with E-state index in [0.29, 0.717) is 11.2 Å². The number of nitrogens with one attached hydrogen (secondary N) is 1. The minimum absolute atomic E-state index is 0.111. The van der Waals surface area contributed by atoms with E-state index in [1.807, 2.05) is 0 Å². The second-order valence-corrected chi connectivity index (χ2v) is 15.1. The van der Waals surface area contributed by atoms with Crippen LogP contribution in [0.5, 0.6) is 0 Å². The average molecular weight is 739 g/mol. The average Bonchev–Trinajstić information content (AvgIpc) is 3.77. The van der Waals surface area contributed by atoms with E-state index < -0.39 is 75.4 Å². The Hall–Kier alpha value is -2.86. The third kappa shape index (κ3) is 6.86. The zero-order valence-corrected chi connectivity index (χ0v) is 27.5. The largest absolute Gasteiger partial charge is 0.584 e. The highest BCUT2D eigenvalue weighted by Gasteiger charge is 2.51. The number of hydrogen-bond donors (Lipinski definition) is 6. The summed E-state index contributed by atoms with van der Waals surface area (Å²) in [5, 5.41) is 17.3. The molecule has 0 spiro atoms. The number of aliphatic hydroxyl groups is 1. The minimum Gasteiger partial charge on any atom is -0.394 e. The van der Waals surface area contributed by atoms with Gasteiger partial charge in [-0.2, -0.15) is 9.67 Å². The number of anilines is 2. The van der Waals surface area contributed by atoms with Crippen molar-refractivity contribution in [3.05, 3.63) is 23.0 Å². The lowest BCUT2D eigenvalue weighted by Crippen LogP contribution is -2.34. The fourth-order valence-electron chi connectivity index (χ4n) is 5.21. The number of alkyl halides is 1. The number of nitrogens with zero attached hydrogens (tertiary/aromatic N) is 8. The van der Waals surface area contributed by atoms with Crippen molar-refractivity contribution >= 4 is 72.1 Å². The smallest absolute Gasteiger partial charge is 0.394 e. The van der Waals surface area contributed by atoms with E-state index in [9.17, 15) is 19.4 Å². The minimum atomic E-state index is -4.30. The highest BCUT2D eigenvalue weighted by atomic mass is 32.7. The van der Waals surface area contributed by atoms with Crippen molar-refractivity contribution < 1.29 is 46.7 Å². The zero-order valence-electron chi connectivity index (χ0n) is 24.0. The van der Waals surface area contributed by atoms with Crippen LogP contribution in [0, 0.1) is 0 Å². The number of thiol groups is 1. The topological polar surface area (TPSA) is 285 Å². The molecular formula is C21H27FN11O10P2S2+. The first-order valence-electron chi connectivity index (χ1n) is 13.5. The standard InChI is InChI=1S/C21H26FN11O10P2S2/c1-21(2-8(38-7-39-44(36)46)18(42-21)32-6-27-11-14(23)25-5-26-15(11)32)4-40-45(37,47)43-13-10(22)9(3-34)41-19(13)33-16-12(30-31-33)17(35)29-20(24)28-16/h5-6,8-10,13,18-19,34H,2-4,7H2,1H3,(H6-,23,24,25,26,28,29,31,35,36,37,46,47)/p+1/t8-,9-,10+,13-,18-,19-,21-,45?/m1/s1. The summed E-state index contributed by atoms with van der Waals surface area (Å²) in [6, 6.07) is 0. The molecule has 7 N–H and O–H groups in total. The normalized spacial score (nSPS) is 29.5. The molecule has 4 aromatic rings. The third-order valence-electron chi connectivity index (χ3n) is 7.29. The SMILES string of the molecule is C[C@]1(COP(O)(=S)O[C@@H]2[C@@H](F)[C@@H](CO)O[C@H]2n2nnc3c(=O)[nH]c(N)nc32)C[C@@H](OCO[P+](=O)S)[C@H](n2cnc3c(N)ncnc32)O1. The van der Waals surface area contributed by atoms with Crippen LogP contribution in [0.15, 0.2) is 17.4 Å². The Kier molecular flexibility index (Phi) is 9.56. The fourth-order valence-corrected chi connectivity index (χ4v) is 6.99. The van der Waals surface area contributed by atoms with E-state index >= 15 is 4.39 Å². The van der Waals surface area contributed by atoms with Crippen molar-refractivity contribution in [3.63, 3.8) is 0 Å². The van der Waals surface area contributed by atoms with E-state index in [-0.39, 0.29) is 36.0 Å². The Labute approximate surface area is 273 Å². The molecule has 21 nitrogen and oxygen atoms in total. The number of rotatable bonds is 12. The van der Waals surface area contributed by atoms with Crippen LogP contribution in [-0.2, 0) is 44.2 Å². The van der Waals surface area contributed by atoms with Crippen LogP contribution in [0.4, 0.5) is 16.2 Å². The van der Waals surface area contributed by atoms with Gasteiger partial charge in [-0.05, 0) is 23.3 Å². The van der Waals surface area contributed by atoms with Crippen LogP contribution >= 0.6 is 26.2 Å². The van der Waals surface area contributed by atoms with Gasteiger partial charge in [-0.1, -0.05) is 5.21 Å². The number of halogens is 1. The van der Waals surface area contributed by atoms with Crippen LogP contribution in [0.2, 0.25) is 0 Å². The molecule has 2 aliphatic rings. The first-order chi connectivity index (χ1) is 22.3. The maximum atomic E-state index is 15.5. The van der Waals surface area contributed by atoms with E-state index in [0.717, 1.165) is 4.68 Å². The maximum Gasteiger partial charge on any atom is 0.584 e. The van der Waals surface area contributed by atoms with Gasteiger partial charge in [-0.3, -0.25) is 18.9 Å². The first-order valence-corrected chi connectivity index (χ1v) is 18.4. The molecule has 6 rings (SSSR count). The molecule has 0 saturated carbocycles. The monoisotopic (exact) mass is 738 g/mol. The molecule has 2 unspecified atom stereocenters. The van der Waals surface area contributed by atoms with Crippen molar-refractivity contribution in [1.29, 1.82) is 0 Å². The maximum absolute atomic E-state index is 15.5. The van der Waals surface area contributed by atoms with Gasteiger partial charge < -0.3 is 40.2 Å². The summed E-state index contributed by atoms with van der Waals surface area (Å²) in [4.78, 5) is 42.0. The van der Waals surface area contributed by atoms with Crippen molar-refractivity contribution in [2.24, 2.45) is 0 Å². The summed E-state index contributed by atoms with van der Waals surface area (Å²) < 4.78 is 63.2. The molecule has 4 aromatic heterocycles. The molecule has 254 valence electrons. The number of nitrogens with two attached hydrogens (primary N) is 2. The van der Waals surface area contributed by atoms with E-state index in [1.54, 1.807) is 11.5 Å². The molecule has 26 heteroatoms. The predicted octanol–water partition coefficient (Wildman–Crippen LogP) is -0.0106. The van der Waals surface area contributed by atoms with E-state index in [1.165, 1.54) is 12.7 Å². The Balaban J connectivity index is 1.21. The van der Waals surface area contributed by atoms with Crippen LogP contribution in [0.1, 0.15) is 25.8 Å². The second-order valence-electron chi connectivity index (χ2n) is 10.6. The van der Waals surface area contributed by atoms with Gasteiger partial charge in [-0.25, -0.2) is 19.3 Å². The van der Waals surface area contributed by atoms with Gasteiger partial charge in [0.25, 0.3) is 5.56 Å². The molecule has 0 bridgehead atoms. The second kappa shape index (κ2) is 13.2. The third-order valence-corrected chi connectivity index (χ3v) is 9.50. The van der Waals surface area contributed by atoms with Crippen LogP contribution in [0.3, 0.4) is 0 Å². The van der Waals surface area contributed by atoms with Gasteiger partial charge in [0.05, 0.1) is 25.1 Å². The zero-order chi connectivity index (χ0) is 33.7. The highest BCUT2D eigenvalue weighted by Crippen LogP contribution is 2.52. The lowest BCUT2D eigenvalue weighted by Gasteiger charge is -2.29. The summed E-state index contributed by atoms with van der Waals surface area (Å²) in [6.07, 6.45) is -5.54. The van der Waals surface area contributed by atoms with Gasteiger partial charge in [0.15, 0.2) is 41.3 Å². The van der Waals surface area contributed by atoms with Gasteiger partial charge >= 0.3 is 13.9 Å². The number of nitrogen functional groups attached to an aromatic ring is 2. The van der Waals surface area contributed by atoms with Crippen molar-refractivity contribution in [1.82, 2.24) is 44.5 Å². The van der Waals surface area contributed by atoms with Crippen LogP contribution in [-0.4, -0.2) is 105 Å². The molecule has 0 amide bonds. The highest BCUT2D eigenvalue weighted by molar-refractivity contribution is 8.39. The Morgan fingerprint density at radius 1 is 1.30 bits per heavy atom. The predicted molar refractivity (Wildman–Crippen MR) is 164 cm³/mol. The van der Waals surface area contributed by atoms with Gasteiger partial charge in [-0.15, -0.1) is 9.62 Å². The van der Waals surface area contributed by atoms with Gasteiger partial charge in [0, 0.05) is 6.42 Å². The van der Waals surface area contributed by atoms with Crippen LogP contribution in [0.25, 0.3) is 22.3 Å². The Bertz CT molecular complexity index is 1920. The number of H-pyrrole nitrogens is 1. The van der Waals surface area contributed by atoms with Crippen molar-refractivity contribution in [2.75, 3.05) is 31.5 Å².